The fraction of sp³-hybridized carbons (Fsp3) is 0.571. The number of rotatable bonds is 5. The van der Waals surface area contributed by atoms with Gasteiger partial charge in [-0.1, -0.05) is 43.1 Å². The van der Waals surface area contributed by atoms with E-state index < -0.39 is 0 Å². The number of hydrogen-bond donors (Lipinski definition) is 1. The Morgan fingerprint density at radius 1 is 1.29 bits per heavy atom. The molecule has 3 heteroatoms. The zero-order valence-corrected chi connectivity index (χ0v) is 11.9. The van der Waals surface area contributed by atoms with Gasteiger partial charge < -0.3 is 5.32 Å². The topological polar surface area (TPSA) is 12.0 Å². The minimum Gasteiger partial charge on any atom is -0.314 e. The van der Waals surface area contributed by atoms with E-state index in [0.29, 0.717) is 5.02 Å². The van der Waals surface area contributed by atoms with E-state index in [1.807, 2.05) is 18.2 Å². The fourth-order valence-corrected chi connectivity index (χ4v) is 2.71. The Kier molecular flexibility index (Phi) is 4.02. The highest BCUT2D eigenvalue weighted by Crippen LogP contribution is 2.34. The van der Waals surface area contributed by atoms with Crippen molar-refractivity contribution in [1.82, 2.24) is 5.32 Å². The van der Waals surface area contributed by atoms with Crippen molar-refractivity contribution in [3.8, 4) is 0 Å². The fourth-order valence-electron chi connectivity index (χ4n) is 2.05. The molecule has 0 aromatic heterocycles. The van der Waals surface area contributed by atoms with Crippen LogP contribution in [0.25, 0.3) is 0 Å². The van der Waals surface area contributed by atoms with Crippen LogP contribution in [0, 0.1) is 0 Å². The molecule has 1 fully saturated rings. The molecule has 0 spiro atoms. The van der Waals surface area contributed by atoms with Crippen LogP contribution in [0.5, 0.6) is 0 Å². The van der Waals surface area contributed by atoms with Gasteiger partial charge in [0.15, 0.2) is 0 Å². The minimum atomic E-state index is 0.0869. The van der Waals surface area contributed by atoms with E-state index in [0.717, 1.165) is 24.0 Å². The molecule has 1 saturated carbocycles. The molecule has 1 nitrogen and oxygen atoms in total. The molecule has 0 saturated heterocycles. The van der Waals surface area contributed by atoms with Gasteiger partial charge in [-0.3, -0.25) is 0 Å². The standard InChI is InChI=1S/C14H19Cl2N/c1-14(2,7-8-17-11-4-5-11)12-6-3-10(15)9-13(12)16/h3,6,9,11,17H,4-5,7-8H2,1-2H3. The van der Waals surface area contributed by atoms with Crippen LogP contribution < -0.4 is 5.32 Å². The van der Waals surface area contributed by atoms with Crippen molar-refractivity contribution in [2.75, 3.05) is 6.54 Å². The number of nitrogens with one attached hydrogen (secondary N) is 1. The average Bonchev–Trinajstić information content (AvgIpc) is 3.00. The summed E-state index contributed by atoms with van der Waals surface area (Å²) in [6.07, 6.45) is 3.76. The molecule has 0 amide bonds. The summed E-state index contributed by atoms with van der Waals surface area (Å²) in [5, 5.41) is 5.02. The van der Waals surface area contributed by atoms with Crippen LogP contribution in [-0.2, 0) is 5.41 Å². The molecule has 94 valence electrons. The molecule has 0 atom stereocenters. The molecule has 1 aromatic rings. The highest BCUT2D eigenvalue weighted by Gasteiger charge is 2.25. The molecule has 0 bridgehead atoms. The molecule has 0 radical (unpaired) electrons. The van der Waals surface area contributed by atoms with Crippen molar-refractivity contribution in [1.29, 1.82) is 0 Å². The Hall–Kier alpha value is -0.240. The first-order chi connectivity index (χ1) is 7.99. The molecule has 17 heavy (non-hydrogen) atoms. The summed E-state index contributed by atoms with van der Waals surface area (Å²) in [4.78, 5) is 0. The summed E-state index contributed by atoms with van der Waals surface area (Å²) in [6, 6.07) is 6.56. The molecule has 2 rings (SSSR count). The smallest absolute Gasteiger partial charge is 0.0458 e. The largest absolute Gasteiger partial charge is 0.314 e. The molecule has 0 unspecified atom stereocenters. The second kappa shape index (κ2) is 5.17. The first-order valence-corrected chi connectivity index (χ1v) is 6.93. The van der Waals surface area contributed by atoms with E-state index in [-0.39, 0.29) is 5.41 Å². The van der Waals surface area contributed by atoms with Crippen molar-refractivity contribution in [3.63, 3.8) is 0 Å². The van der Waals surface area contributed by atoms with E-state index in [1.165, 1.54) is 18.4 Å². The van der Waals surface area contributed by atoms with E-state index in [9.17, 15) is 0 Å². The third-order valence-electron chi connectivity index (χ3n) is 3.42. The van der Waals surface area contributed by atoms with Crippen LogP contribution >= 0.6 is 23.2 Å². The highest BCUT2D eigenvalue weighted by atomic mass is 35.5. The van der Waals surface area contributed by atoms with E-state index >= 15 is 0 Å². The number of hydrogen-bond acceptors (Lipinski definition) is 1. The summed E-state index contributed by atoms with van der Waals surface area (Å²) in [5.74, 6) is 0. The van der Waals surface area contributed by atoms with Gasteiger partial charge in [-0.15, -0.1) is 0 Å². The molecule has 1 aromatic carbocycles. The number of halogens is 2. The lowest BCUT2D eigenvalue weighted by Crippen LogP contribution is -2.26. The molecule has 0 heterocycles. The summed E-state index contributed by atoms with van der Waals surface area (Å²) in [7, 11) is 0. The van der Waals surface area contributed by atoms with Crippen molar-refractivity contribution in [3.05, 3.63) is 33.8 Å². The Morgan fingerprint density at radius 2 is 2.00 bits per heavy atom. The van der Waals surface area contributed by atoms with Gasteiger partial charge in [0.1, 0.15) is 0 Å². The van der Waals surface area contributed by atoms with Gasteiger partial charge in [-0.25, -0.2) is 0 Å². The summed E-state index contributed by atoms with van der Waals surface area (Å²) >= 11 is 12.2. The van der Waals surface area contributed by atoms with Gasteiger partial charge >= 0.3 is 0 Å². The van der Waals surface area contributed by atoms with Crippen molar-refractivity contribution >= 4 is 23.2 Å². The Morgan fingerprint density at radius 3 is 2.59 bits per heavy atom. The van der Waals surface area contributed by atoms with Crippen molar-refractivity contribution in [2.45, 2.75) is 44.6 Å². The van der Waals surface area contributed by atoms with Crippen LogP contribution in [0.3, 0.4) is 0 Å². The average molecular weight is 272 g/mol. The lowest BCUT2D eigenvalue weighted by atomic mass is 9.81. The maximum absolute atomic E-state index is 6.26. The summed E-state index contributed by atoms with van der Waals surface area (Å²) < 4.78 is 0. The van der Waals surface area contributed by atoms with E-state index in [2.05, 4.69) is 19.2 Å². The summed E-state index contributed by atoms with van der Waals surface area (Å²) in [5.41, 5.74) is 1.27. The van der Waals surface area contributed by atoms with Gasteiger partial charge in [0, 0.05) is 16.1 Å². The quantitative estimate of drug-likeness (QED) is 0.837. The van der Waals surface area contributed by atoms with Gasteiger partial charge in [0.05, 0.1) is 0 Å². The first kappa shape index (κ1) is 13.2. The lowest BCUT2D eigenvalue weighted by Gasteiger charge is -2.26. The first-order valence-electron chi connectivity index (χ1n) is 6.18. The zero-order chi connectivity index (χ0) is 12.5. The Balaban J connectivity index is 2.01. The third kappa shape index (κ3) is 3.61. The summed E-state index contributed by atoms with van der Waals surface area (Å²) in [6.45, 7) is 5.52. The monoisotopic (exact) mass is 271 g/mol. The Labute approximate surface area is 114 Å². The number of benzene rings is 1. The maximum atomic E-state index is 6.26. The lowest BCUT2D eigenvalue weighted by molar-refractivity contribution is 0.456. The molecule has 1 aliphatic rings. The highest BCUT2D eigenvalue weighted by molar-refractivity contribution is 6.35. The third-order valence-corrected chi connectivity index (χ3v) is 3.97. The van der Waals surface area contributed by atoms with Gasteiger partial charge in [0.2, 0.25) is 0 Å². The second-order valence-corrected chi connectivity index (χ2v) is 6.33. The SMILES string of the molecule is CC(C)(CCNC1CC1)c1ccc(Cl)cc1Cl. The van der Waals surface area contributed by atoms with Gasteiger partial charge in [-0.05, 0) is 48.9 Å². The molecule has 0 aliphatic heterocycles. The van der Waals surface area contributed by atoms with Crippen LogP contribution in [0.15, 0.2) is 18.2 Å². The molecule has 1 N–H and O–H groups in total. The maximum Gasteiger partial charge on any atom is 0.0458 e. The van der Waals surface area contributed by atoms with Crippen molar-refractivity contribution in [2.24, 2.45) is 0 Å². The molecular formula is C14H19Cl2N. The van der Waals surface area contributed by atoms with Gasteiger partial charge in [-0.2, -0.15) is 0 Å². The van der Waals surface area contributed by atoms with E-state index in [1.54, 1.807) is 0 Å². The predicted molar refractivity (Wildman–Crippen MR) is 75.1 cm³/mol. The normalized spacial score (nSPS) is 16.2. The van der Waals surface area contributed by atoms with Crippen LogP contribution in [-0.4, -0.2) is 12.6 Å². The Bertz CT molecular complexity index is 397. The van der Waals surface area contributed by atoms with Crippen LogP contribution in [0.1, 0.15) is 38.7 Å². The van der Waals surface area contributed by atoms with E-state index in [4.69, 9.17) is 23.2 Å². The van der Waals surface area contributed by atoms with Gasteiger partial charge in [0.25, 0.3) is 0 Å². The zero-order valence-electron chi connectivity index (χ0n) is 10.4. The van der Waals surface area contributed by atoms with Crippen LogP contribution in [0.4, 0.5) is 0 Å². The predicted octanol–water partition coefficient (Wildman–Crippen LogP) is 4.41. The molecule has 1 aliphatic carbocycles. The molecular weight excluding hydrogens is 253 g/mol. The minimum absolute atomic E-state index is 0.0869. The second-order valence-electron chi connectivity index (χ2n) is 5.49. The van der Waals surface area contributed by atoms with Crippen molar-refractivity contribution < 1.29 is 0 Å². The van der Waals surface area contributed by atoms with Crippen LogP contribution in [0.2, 0.25) is 10.0 Å².